The fraction of sp³-hybridized carbons (Fsp3) is 0.214. The van der Waals surface area contributed by atoms with Crippen LogP contribution in [0.25, 0.3) is 0 Å². The summed E-state index contributed by atoms with van der Waals surface area (Å²) in [4.78, 5) is 0. The first-order valence-electron chi connectivity index (χ1n) is 12.0. The van der Waals surface area contributed by atoms with E-state index in [1.165, 1.54) is 39.4 Å². The highest BCUT2D eigenvalue weighted by atomic mass is 28.4. The molecule has 0 amide bonds. The summed E-state index contributed by atoms with van der Waals surface area (Å²) in [5, 5.41) is 12.7. The van der Waals surface area contributed by atoms with Gasteiger partial charge in [-0.15, -0.1) is 0 Å². The van der Waals surface area contributed by atoms with Gasteiger partial charge in [-0.05, 0) is 39.8 Å². The average Bonchev–Trinajstić information content (AvgIpc) is 2.91. The van der Waals surface area contributed by atoms with Crippen molar-refractivity contribution in [2.75, 3.05) is 4.23 Å². The molecule has 3 nitrogen and oxygen atoms in total. The molecule has 168 valence electrons. The van der Waals surface area contributed by atoms with E-state index in [0.29, 0.717) is 0 Å². The summed E-state index contributed by atoms with van der Waals surface area (Å²) >= 11 is 0. The molecule has 4 aromatic rings. The lowest BCUT2D eigenvalue weighted by molar-refractivity contribution is 1.02. The summed E-state index contributed by atoms with van der Waals surface area (Å²) in [5.41, 5.74) is 1.20. The molecular weight excluding hydrogens is 435 g/mol. The minimum Gasteiger partial charge on any atom is -0.412 e. The Hall–Kier alpha value is -3.03. The Bertz CT molecular complexity index is 1010. The third-order valence-electron chi connectivity index (χ3n) is 7.19. The van der Waals surface area contributed by atoms with E-state index in [9.17, 15) is 0 Å². The van der Waals surface area contributed by atoms with E-state index >= 15 is 0 Å². The van der Waals surface area contributed by atoms with Crippen LogP contribution in [0.4, 0.5) is 5.69 Å². The first-order chi connectivity index (χ1) is 16.2. The largest absolute Gasteiger partial charge is 0.412 e. The Balaban J connectivity index is 2.21. The number of rotatable bonds is 9. The van der Waals surface area contributed by atoms with E-state index in [1.807, 2.05) is 12.4 Å². The topological polar surface area (TPSA) is 29.0 Å². The lowest BCUT2D eigenvalue weighted by atomic mass is 10.3. The zero-order chi connectivity index (χ0) is 23.2. The van der Waals surface area contributed by atoms with Crippen LogP contribution in [-0.2, 0) is 0 Å². The zero-order valence-electron chi connectivity index (χ0n) is 19.9. The molecule has 4 rings (SSSR count). The van der Waals surface area contributed by atoms with Crippen LogP contribution in [0.1, 0.15) is 20.8 Å². The molecule has 0 unspecified atom stereocenters. The van der Waals surface area contributed by atoms with Gasteiger partial charge in [-0.2, -0.15) is 10.2 Å². The molecule has 0 saturated carbocycles. The first-order valence-corrected chi connectivity index (χ1v) is 16.5. The van der Waals surface area contributed by atoms with Gasteiger partial charge in [-0.1, -0.05) is 112 Å². The second kappa shape index (κ2) is 10.3. The summed E-state index contributed by atoms with van der Waals surface area (Å²) in [7, 11) is -4.61. The smallest absolute Gasteiger partial charge is 0.245 e. The number of hydrogen-bond acceptors (Lipinski definition) is 3. The van der Waals surface area contributed by atoms with Gasteiger partial charge in [0, 0.05) is 5.69 Å². The van der Waals surface area contributed by atoms with Gasteiger partial charge in [0.05, 0.1) is 12.4 Å². The molecule has 0 spiro atoms. The van der Waals surface area contributed by atoms with Crippen LogP contribution in [0.15, 0.2) is 109 Å². The van der Waals surface area contributed by atoms with Crippen LogP contribution in [0.2, 0.25) is 18.1 Å². The number of benzene rings is 3. The molecule has 0 atom stereocenters. The molecule has 0 saturated heterocycles. The molecule has 0 radical (unpaired) electrons. The average molecular weight is 468 g/mol. The summed E-state index contributed by atoms with van der Waals surface area (Å²) < 4.78 is 2.91. The van der Waals surface area contributed by atoms with E-state index in [-0.39, 0.29) is 0 Å². The van der Waals surface area contributed by atoms with E-state index in [0.717, 1.165) is 0 Å². The Morgan fingerprint density at radius 3 is 1.33 bits per heavy atom. The number of nitrogens with zero attached hydrogens (tertiary/aromatic N) is 3. The Labute approximate surface area is 200 Å². The summed E-state index contributed by atoms with van der Waals surface area (Å²) in [5.74, 6) is 0. The molecule has 0 N–H and O–H groups in total. The molecule has 0 bridgehead atoms. The fourth-order valence-electron chi connectivity index (χ4n) is 5.39. The molecule has 5 heteroatoms. The Morgan fingerprint density at radius 1 is 0.576 bits per heavy atom. The van der Waals surface area contributed by atoms with Crippen LogP contribution < -0.4 is 19.8 Å². The predicted octanol–water partition coefficient (Wildman–Crippen LogP) is 4.96. The molecule has 0 aliphatic carbocycles. The van der Waals surface area contributed by atoms with Gasteiger partial charge in [0.1, 0.15) is 8.24 Å². The van der Waals surface area contributed by atoms with E-state index in [4.69, 9.17) is 0 Å². The van der Waals surface area contributed by atoms with Gasteiger partial charge >= 0.3 is 0 Å². The highest BCUT2D eigenvalue weighted by Gasteiger charge is 2.53. The van der Waals surface area contributed by atoms with Gasteiger partial charge in [-0.25, -0.2) is 0 Å². The normalized spacial score (nSPS) is 11.8. The second-order valence-corrected chi connectivity index (χ2v) is 17.6. The predicted molar refractivity (Wildman–Crippen MR) is 146 cm³/mol. The van der Waals surface area contributed by atoms with Crippen LogP contribution in [-0.4, -0.2) is 26.7 Å². The van der Waals surface area contributed by atoms with E-state index in [2.05, 4.69) is 132 Å². The minimum atomic E-state index is -2.67. The first kappa shape index (κ1) is 23.1. The SMILES string of the molecule is CC[Si](CC)(CC)N(c1ccnnc1)[Si](c1ccccc1)(c1ccccc1)c1ccccc1. The molecule has 0 aliphatic heterocycles. The summed E-state index contributed by atoms with van der Waals surface area (Å²) in [6, 6.07) is 39.3. The summed E-state index contributed by atoms with van der Waals surface area (Å²) in [6.07, 6.45) is 3.84. The van der Waals surface area contributed by atoms with Crippen molar-refractivity contribution in [3.63, 3.8) is 0 Å². The van der Waals surface area contributed by atoms with Crippen LogP contribution >= 0.6 is 0 Å². The number of aromatic nitrogens is 2. The van der Waals surface area contributed by atoms with Gasteiger partial charge in [0.25, 0.3) is 0 Å². The van der Waals surface area contributed by atoms with Crippen LogP contribution in [0.5, 0.6) is 0 Å². The molecule has 0 fully saturated rings. The van der Waals surface area contributed by atoms with Crippen molar-refractivity contribution in [2.24, 2.45) is 0 Å². The zero-order valence-corrected chi connectivity index (χ0v) is 21.9. The molecule has 33 heavy (non-hydrogen) atoms. The van der Waals surface area contributed by atoms with Gasteiger partial charge in [-0.3, -0.25) is 0 Å². The fourth-order valence-corrected chi connectivity index (χ4v) is 18.3. The monoisotopic (exact) mass is 467 g/mol. The Kier molecular flexibility index (Phi) is 7.21. The lowest BCUT2D eigenvalue weighted by Crippen LogP contribution is -2.83. The maximum absolute atomic E-state index is 4.37. The van der Waals surface area contributed by atoms with Gasteiger partial charge in [0.15, 0.2) is 0 Å². The van der Waals surface area contributed by atoms with Crippen molar-refractivity contribution in [1.29, 1.82) is 0 Å². The third-order valence-corrected chi connectivity index (χ3v) is 19.2. The second-order valence-electron chi connectivity index (χ2n) is 8.53. The number of anilines is 1. The van der Waals surface area contributed by atoms with Crippen molar-refractivity contribution in [1.82, 2.24) is 10.2 Å². The quantitative estimate of drug-likeness (QED) is 0.257. The molecule has 3 aromatic carbocycles. The molecular formula is C28H33N3Si2. The van der Waals surface area contributed by atoms with Crippen molar-refractivity contribution in [3.8, 4) is 0 Å². The molecule has 1 aromatic heterocycles. The van der Waals surface area contributed by atoms with Gasteiger partial charge < -0.3 is 4.23 Å². The van der Waals surface area contributed by atoms with Crippen molar-refractivity contribution >= 4 is 37.7 Å². The highest BCUT2D eigenvalue weighted by molar-refractivity contribution is 7.21. The lowest BCUT2D eigenvalue weighted by Gasteiger charge is -2.54. The highest BCUT2D eigenvalue weighted by Crippen LogP contribution is 2.34. The van der Waals surface area contributed by atoms with E-state index < -0.39 is 16.5 Å². The minimum absolute atomic E-state index is 1.18. The summed E-state index contributed by atoms with van der Waals surface area (Å²) in [6.45, 7) is 7.17. The van der Waals surface area contributed by atoms with Crippen molar-refractivity contribution < 1.29 is 0 Å². The van der Waals surface area contributed by atoms with Crippen LogP contribution in [0, 0.1) is 0 Å². The molecule has 1 heterocycles. The van der Waals surface area contributed by atoms with Crippen LogP contribution in [0.3, 0.4) is 0 Å². The Morgan fingerprint density at radius 2 is 1.00 bits per heavy atom. The maximum atomic E-state index is 4.37. The van der Waals surface area contributed by atoms with Crippen molar-refractivity contribution in [2.45, 2.75) is 38.9 Å². The maximum Gasteiger partial charge on any atom is 0.245 e. The number of hydrogen-bond donors (Lipinski definition) is 0. The van der Waals surface area contributed by atoms with Crippen molar-refractivity contribution in [3.05, 3.63) is 109 Å². The third kappa shape index (κ3) is 4.07. The standard InChI is InChI=1S/C28H33N3Si2/c1-4-32(5-2,6-3)31(25-22-23-29-30-24-25)33(26-16-10-7-11-17-26,27-18-12-8-13-19-27)28-20-14-9-15-21-28/h7-24H,4-6H2,1-3H3. The van der Waals surface area contributed by atoms with Gasteiger partial charge in [0.2, 0.25) is 8.24 Å². The molecule has 0 aliphatic rings. The van der Waals surface area contributed by atoms with E-state index in [1.54, 1.807) is 0 Å².